The molecule has 0 saturated heterocycles. The van der Waals surface area contributed by atoms with Gasteiger partial charge in [0.15, 0.2) is 6.29 Å². The molecule has 2 atom stereocenters. The van der Waals surface area contributed by atoms with Crippen molar-refractivity contribution >= 4 is 0 Å². The van der Waals surface area contributed by atoms with Crippen molar-refractivity contribution in [1.82, 2.24) is 0 Å². The highest BCUT2D eigenvalue weighted by molar-refractivity contribution is 4.84. The minimum Gasteiger partial charge on any atom is -0.368 e. The van der Waals surface area contributed by atoms with Gasteiger partial charge in [-0.2, -0.15) is 0 Å². The first-order valence-corrected chi connectivity index (χ1v) is 2.83. The van der Waals surface area contributed by atoms with Gasteiger partial charge in [-0.05, 0) is 12.8 Å². The molecule has 0 unspecified atom stereocenters. The van der Waals surface area contributed by atoms with Crippen LogP contribution in [0.4, 0.5) is 0 Å². The number of nitrogens with two attached hydrogens (primary N) is 1. The van der Waals surface area contributed by atoms with Crippen molar-refractivity contribution in [1.29, 1.82) is 0 Å². The Hall–Kier alpha value is -0.120. The van der Waals surface area contributed by atoms with Crippen LogP contribution in [0.15, 0.2) is 0 Å². The highest BCUT2D eigenvalue weighted by Crippen LogP contribution is 2.27. The summed E-state index contributed by atoms with van der Waals surface area (Å²) in [5.41, 5.74) is 5.40. The number of hydrogen-bond donors (Lipinski definition) is 3. The van der Waals surface area contributed by atoms with Crippen LogP contribution in [0, 0.1) is 5.92 Å². The highest BCUT2D eigenvalue weighted by atomic mass is 16.5. The van der Waals surface area contributed by atoms with Crippen LogP contribution in [0.5, 0.6) is 0 Å². The number of hydrogen-bond acceptors (Lipinski definition) is 3. The van der Waals surface area contributed by atoms with Gasteiger partial charge < -0.3 is 15.9 Å². The maximum Gasteiger partial charge on any atom is 0.155 e. The Kier molecular flexibility index (Phi) is 1.51. The summed E-state index contributed by atoms with van der Waals surface area (Å²) in [5.74, 6) is -0.0602. The third kappa shape index (κ3) is 0.844. The summed E-state index contributed by atoms with van der Waals surface area (Å²) >= 11 is 0. The molecule has 4 N–H and O–H groups in total. The van der Waals surface area contributed by atoms with E-state index in [0.717, 1.165) is 12.8 Å². The Balaban J connectivity index is 2.26. The Morgan fingerprint density at radius 1 is 1.38 bits per heavy atom. The third-order valence-electron chi connectivity index (χ3n) is 1.77. The van der Waals surface area contributed by atoms with E-state index in [1.165, 1.54) is 0 Å². The smallest absolute Gasteiger partial charge is 0.155 e. The molecule has 3 heteroatoms. The van der Waals surface area contributed by atoms with Crippen LogP contribution in [-0.2, 0) is 0 Å². The highest BCUT2D eigenvalue weighted by Gasteiger charge is 2.32. The molecule has 48 valence electrons. The normalized spacial score (nSPS) is 37.5. The van der Waals surface area contributed by atoms with E-state index >= 15 is 0 Å². The molecule has 0 spiro atoms. The molecule has 1 fully saturated rings. The summed E-state index contributed by atoms with van der Waals surface area (Å²) in [5, 5.41) is 17.0. The van der Waals surface area contributed by atoms with Crippen molar-refractivity contribution in [2.24, 2.45) is 11.7 Å². The van der Waals surface area contributed by atoms with Gasteiger partial charge in [0.2, 0.25) is 0 Å². The predicted octanol–water partition coefficient (Wildman–Crippen LogP) is -0.966. The molecule has 1 saturated carbocycles. The second-order valence-corrected chi connectivity index (χ2v) is 2.32. The van der Waals surface area contributed by atoms with Gasteiger partial charge >= 0.3 is 0 Å². The number of rotatable bonds is 1. The summed E-state index contributed by atoms with van der Waals surface area (Å²) < 4.78 is 0. The molecule has 0 bridgehead atoms. The molecule has 1 aliphatic carbocycles. The molecular weight excluding hydrogens is 106 g/mol. The molecule has 0 radical (unpaired) electrons. The first-order chi connectivity index (χ1) is 3.72. The van der Waals surface area contributed by atoms with Crippen LogP contribution >= 0.6 is 0 Å². The lowest BCUT2D eigenvalue weighted by molar-refractivity contribution is -0.112. The lowest BCUT2D eigenvalue weighted by atomic mass is 9.80. The van der Waals surface area contributed by atoms with E-state index in [-0.39, 0.29) is 12.0 Å². The second-order valence-electron chi connectivity index (χ2n) is 2.32. The summed E-state index contributed by atoms with van der Waals surface area (Å²) in [6, 6.07) is 0.0231. The molecule has 1 aliphatic rings. The number of aliphatic hydroxyl groups is 2. The summed E-state index contributed by atoms with van der Waals surface area (Å²) in [7, 11) is 0. The van der Waals surface area contributed by atoms with Crippen molar-refractivity contribution in [3.8, 4) is 0 Å². The minimum absolute atomic E-state index is 0.0231. The van der Waals surface area contributed by atoms with Gasteiger partial charge in [0, 0.05) is 12.0 Å². The van der Waals surface area contributed by atoms with Crippen LogP contribution in [0.3, 0.4) is 0 Å². The molecule has 0 aromatic carbocycles. The van der Waals surface area contributed by atoms with E-state index in [2.05, 4.69) is 0 Å². The van der Waals surface area contributed by atoms with Crippen molar-refractivity contribution in [3.63, 3.8) is 0 Å². The second kappa shape index (κ2) is 2.01. The summed E-state index contributed by atoms with van der Waals surface area (Å²) in [6.45, 7) is 0. The van der Waals surface area contributed by atoms with Gasteiger partial charge in [-0.15, -0.1) is 0 Å². The van der Waals surface area contributed by atoms with Gasteiger partial charge in [0.1, 0.15) is 0 Å². The van der Waals surface area contributed by atoms with E-state index in [1.807, 2.05) is 0 Å². The lowest BCUT2D eigenvalue weighted by Gasteiger charge is -2.34. The van der Waals surface area contributed by atoms with E-state index in [9.17, 15) is 0 Å². The Morgan fingerprint density at radius 2 is 2.00 bits per heavy atom. The summed E-state index contributed by atoms with van der Waals surface area (Å²) in [6.07, 6.45) is 0.597. The Bertz CT molecular complexity index is 79.7. The largest absolute Gasteiger partial charge is 0.368 e. The fourth-order valence-electron chi connectivity index (χ4n) is 0.922. The van der Waals surface area contributed by atoms with E-state index < -0.39 is 6.29 Å². The molecular formula is C5H11NO2. The molecule has 3 nitrogen and oxygen atoms in total. The van der Waals surface area contributed by atoms with Crippen molar-refractivity contribution < 1.29 is 10.2 Å². The predicted molar refractivity (Wildman–Crippen MR) is 28.9 cm³/mol. The van der Waals surface area contributed by atoms with Crippen molar-refractivity contribution in [3.05, 3.63) is 0 Å². The van der Waals surface area contributed by atoms with E-state index in [4.69, 9.17) is 15.9 Å². The molecule has 0 aliphatic heterocycles. The zero-order valence-electron chi connectivity index (χ0n) is 4.62. The third-order valence-corrected chi connectivity index (χ3v) is 1.77. The minimum atomic E-state index is -1.20. The SMILES string of the molecule is N[C@H]1CC[C@@H]1C(O)O. The topological polar surface area (TPSA) is 66.5 Å². The van der Waals surface area contributed by atoms with Crippen molar-refractivity contribution in [2.75, 3.05) is 0 Å². The maximum absolute atomic E-state index is 8.52. The van der Waals surface area contributed by atoms with Gasteiger partial charge in [-0.25, -0.2) is 0 Å². The van der Waals surface area contributed by atoms with E-state index in [0.29, 0.717) is 0 Å². The van der Waals surface area contributed by atoms with Crippen LogP contribution < -0.4 is 5.73 Å². The zero-order valence-corrected chi connectivity index (χ0v) is 4.62. The Labute approximate surface area is 48.1 Å². The first-order valence-electron chi connectivity index (χ1n) is 2.83. The molecule has 0 amide bonds. The molecule has 0 aromatic rings. The number of aliphatic hydroxyl groups excluding tert-OH is 1. The van der Waals surface area contributed by atoms with Crippen LogP contribution in [-0.4, -0.2) is 22.5 Å². The van der Waals surface area contributed by atoms with Crippen LogP contribution in [0.1, 0.15) is 12.8 Å². The fraction of sp³-hybridized carbons (Fsp3) is 1.00. The average molecular weight is 117 g/mol. The van der Waals surface area contributed by atoms with Crippen LogP contribution in [0.25, 0.3) is 0 Å². The summed E-state index contributed by atoms with van der Waals surface area (Å²) in [4.78, 5) is 0. The molecule has 0 aromatic heterocycles. The van der Waals surface area contributed by atoms with E-state index in [1.54, 1.807) is 0 Å². The fourth-order valence-corrected chi connectivity index (χ4v) is 0.922. The van der Waals surface area contributed by atoms with Gasteiger partial charge in [-0.1, -0.05) is 0 Å². The Morgan fingerprint density at radius 3 is 2.00 bits per heavy atom. The zero-order chi connectivity index (χ0) is 6.15. The van der Waals surface area contributed by atoms with Gasteiger partial charge in [0.05, 0.1) is 0 Å². The molecule has 1 rings (SSSR count). The lowest BCUT2D eigenvalue weighted by Crippen LogP contribution is -2.45. The monoisotopic (exact) mass is 117 g/mol. The van der Waals surface area contributed by atoms with Gasteiger partial charge in [-0.3, -0.25) is 0 Å². The van der Waals surface area contributed by atoms with Crippen LogP contribution in [0.2, 0.25) is 0 Å². The van der Waals surface area contributed by atoms with Gasteiger partial charge in [0.25, 0.3) is 0 Å². The van der Waals surface area contributed by atoms with Crippen molar-refractivity contribution in [2.45, 2.75) is 25.2 Å². The standard InChI is InChI=1S/C5H11NO2/c6-4-2-1-3(4)5(7)8/h3-5,7-8H,1-2,6H2/t3-,4-/m0/s1. The molecule has 0 heterocycles. The first kappa shape index (κ1) is 6.01. The maximum atomic E-state index is 8.52. The molecule has 8 heavy (non-hydrogen) atoms. The average Bonchev–Trinajstić information content (AvgIpc) is 1.61. The quantitative estimate of drug-likeness (QED) is 0.387.